The van der Waals surface area contributed by atoms with E-state index in [1.807, 2.05) is 6.07 Å². The van der Waals surface area contributed by atoms with Gasteiger partial charge in [0.15, 0.2) is 0 Å². The second-order valence-electron chi connectivity index (χ2n) is 9.81. The van der Waals surface area contributed by atoms with E-state index in [2.05, 4.69) is 68.4 Å². The molecule has 0 aliphatic carbocycles. The molecule has 3 aromatic rings. The van der Waals surface area contributed by atoms with Crippen LogP contribution in [0.1, 0.15) is 56.2 Å². The maximum atomic E-state index is 9.32. The van der Waals surface area contributed by atoms with Crippen LogP contribution >= 0.6 is 0 Å². The van der Waals surface area contributed by atoms with E-state index in [-0.39, 0.29) is 19.1 Å². The second-order valence-corrected chi connectivity index (χ2v) is 9.81. The van der Waals surface area contributed by atoms with Gasteiger partial charge in [-0.2, -0.15) is 0 Å². The molecule has 0 spiro atoms. The van der Waals surface area contributed by atoms with Crippen LogP contribution in [0.25, 0.3) is 22.3 Å². The van der Waals surface area contributed by atoms with E-state index >= 15 is 0 Å². The van der Waals surface area contributed by atoms with Crippen molar-refractivity contribution < 1.29 is 19.7 Å². The molecule has 3 aromatic carbocycles. The van der Waals surface area contributed by atoms with Gasteiger partial charge in [0, 0.05) is 26.2 Å². The van der Waals surface area contributed by atoms with Crippen LogP contribution in [0.4, 0.5) is 0 Å². The van der Waals surface area contributed by atoms with Crippen LogP contribution in [0.15, 0.2) is 60.7 Å². The number of hydrogen-bond acceptors (Lipinski definition) is 4. The lowest BCUT2D eigenvalue weighted by molar-refractivity contribution is 0.128. The first-order chi connectivity index (χ1) is 18.1. The number of methoxy groups -OCH3 is 1. The molecule has 0 aromatic heterocycles. The van der Waals surface area contributed by atoms with Crippen LogP contribution in [-0.4, -0.2) is 43.8 Å². The van der Waals surface area contributed by atoms with E-state index in [0.717, 1.165) is 30.6 Å². The van der Waals surface area contributed by atoms with Crippen LogP contribution in [0.2, 0.25) is 0 Å². The smallest absolute Gasteiger partial charge is 0.122 e. The molecule has 0 atom stereocenters. The number of hydrogen-bond donors (Lipinski definition) is 2. The van der Waals surface area contributed by atoms with Gasteiger partial charge in [0.2, 0.25) is 0 Å². The SMILES string of the molecule is CCCCCc1ccc(-c2ccc(-c3ccc(OCCC(CO)CO)c(CCOC)c3)c(CC)c2)cc1. The molecule has 0 radical (unpaired) electrons. The Balaban J connectivity index is 1.81. The Morgan fingerprint density at radius 2 is 1.43 bits per heavy atom. The number of unbranched alkanes of at least 4 members (excludes halogenated alkanes) is 2. The molecule has 0 heterocycles. The maximum absolute atomic E-state index is 9.32. The number of aliphatic hydroxyl groups is 2. The van der Waals surface area contributed by atoms with Gasteiger partial charge in [-0.05, 0) is 83.2 Å². The van der Waals surface area contributed by atoms with Gasteiger partial charge in [0.05, 0.1) is 13.2 Å². The van der Waals surface area contributed by atoms with Gasteiger partial charge in [0.1, 0.15) is 5.75 Å². The minimum Gasteiger partial charge on any atom is -0.493 e. The van der Waals surface area contributed by atoms with E-state index in [9.17, 15) is 10.2 Å². The molecule has 0 aliphatic heterocycles. The lowest BCUT2D eigenvalue weighted by Crippen LogP contribution is -2.15. The molecule has 2 N–H and O–H groups in total. The standard InChI is InChI=1S/C33H44O4/c1-4-6-7-8-25-9-11-28(12-10-25)29-13-15-32(27(5-2)21-29)30-14-16-33(31(22-30)18-19-36-3)37-20-17-26(23-34)24-35/h9-16,21-22,26,34-35H,4-8,17-20,23-24H2,1-3H3. The number of aryl methyl sites for hydroxylation is 2. The first-order valence-electron chi connectivity index (χ1n) is 13.8. The number of benzene rings is 3. The Morgan fingerprint density at radius 3 is 2.11 bits per heavy atom. The summed E-state index contributed by atoms with van der Waals surface area (Å²) in [6.07, 6.45) is 7.27. The highest BCUT2D eigenvalue weighted by atomic mass is 16.5. The third-order valence-corrected chi connectivity index (χ3v) is 7.09. The highest BCUT2D eigenvalue weighted by molar-refractivity contribution is 5.75. The Kier molecular flexibility index (Phi) is 12.2. The summed E-state index contributed by atoms with van der Waals surface area (Å²) in [7, 11) is 1.71. The van der Waals surface area contributed by atoms with E-state index in [1.165, 1.54) is 52.6 Å². The molecular weight excluding hydrogens is 460 g/mol. The predicted octanol–water partition coefficient (Wildman–Crippen LogP) is 6.87. The summed E-state index contributed by atoms with van der Waals surface area (Å²) >= 11 is 0. The van der Waals surface area contributed by atoms with E-state index in [4.69, 9.17) is 9.47 Å². The zero-order valence-electron chi connectivity index (χ0n) is 22.8. The van der Waals surface area contributed by atoms with E-state index < -0.39 is 0 Å². The largest absolute Gasteiger partial charge is 0.493 e. The molecule has 0 aliphatic rings. The van der Waals surface area contributed by atoms with Gasteiger partial charge in [0.25, 0.3) is 0 Å². The Labute approximate surface area is 223 Å². The summed E-state index contributed by atoms with van der Waals surface area (Å²) in [6.45, 7) is 5.46. The van der Waals surface area contributed by atoms with E-state index in [1.54, 1.807) is 7.11 Å². The van der Waals surface area contributed by atoms with Crippen molar-refractivity contribution in [2.75, 3.05) is 33.5 Å². The fourth-order valence-electron chi connectivity index (χ4n) is 4.66. The third kappa shape index (κ3) is 8.43. The summed E-state index contributed by atoms with van der Waals surface area (Å²) in [5.41, 5.74) is 8.78. The monoisotopic (exact) mass is 504 g/mol. The van der Waals surface area contributed by atoms with Gasteiger partial charge < -0.3 is 19.7 Å². The van der Waals surface area contributed by atoms with Crippen LogP contribution in [0, 0.1) is 5.92 Å². The molecular formula is C33H44O4. The van der Waals surface area contributed by atoms with Crippen molar-refractivity contribution in [2.24, 2.45) is 5.92 Å². The maximum Gasteiger partial charge on any atom is 0.122 e. The molecule has 37 heavy (non-hydrogen) atoms. The van der Waals surface area contributed by atoms with Crippen molar-refractivity contribution >= 4 is 0 Å². The normalized spacial score (nSPS) is 11.3. The lowest BCUT2D eigenvalue weighted by atomic mass is 9.92. The van der Waals surface area contributed by atoms with Crippen LogP contribution < -0.4 is 4.74 Å². The van der Waals surface area contributed by atoms with Gasteiger partial charge in [-0.1, -0.05) is 75.2 Å². The van der Waals surface area contributed by atoms with Crippen LogP contribution in [0.5, 0.6) is 5.75 Å². The predicted molar refractivity (Wildman–Crippen MR) is 153 cm³/mol. The zero-order valence-corrected chi connectivity index (χ0v) is 22.8. The quantitative estimate of drug-likeness (QED) is 0.209. The molecule has 0 saturated carbocycles. The Hall–Kier alpha value is -2.66. The summed E-state index contributed by atoms with van der Waals surface area (Å²) in [5.74, 6) is 0.689. The van der Waals surface area contributed by atoms with Crippen molar-refractivity contribution in [3.63, 3.8) is 0 Å². The van der Waals surface area contributed by atoms with Gasteiger partial charge in [-0.3, -0.25) is 0 Å². The van der Waals surface area contributed by atoms with Gasteiger partial charge in [-0.25, -0.2) is 0 Å². The van der Waals surface area contributed by atoms with E-state index in [0.29, 0.717) is 19.6 Å². The molecule has 0 unspecified atom stereocenters. The minimum atomic E-state index is -0.149. The fourth-order valence-corrected chi connectivity index (χ4v) is 4.66. The number of ether oxygens (including phenoxy) is 2. The molecule has 200 valence electrons. The highest BCUT2D eigenvalue weighted by Gasteiger charge is 2.12. The number of aliphatic hydroxyl groups excluding tert-OH is 2. The molecule has 0 saturated heterocycles. The van der Waals surface area contributed by atoms with Crippen LogP contribution in [0.3, 0.4) is 0 Å². The Bertz CT molecular complexity index is 1070. The molecule has 0 amide bonds. The zero-order chi connectivity index (χ0) is 26.5. The van der Waals surface area contributed by atoms with Crippen molar-refractivity contribution in [3.8, 4) is 28.0 Å². The molecule has 0 fully saturated rings. The summed E-state index contributed by atoms with van der Waals surface area (Å²) in [6, 6.07) is 22.2. The lowest BCUT2D eigenvalue weighted by Gasteiger charge is -2.17. The van der Waals surface area contributed by atoms with Crippen molar-refractivity contribution in [2.45, 2.75) is 58.8 Å². The highest BCUT2D eigenvalue weighted by Crippen LogP contribution is 2.33. The average Bonchev–Trinajstić information content (AvgIpc) is 2.94. The molecule has 0 bridgehead atoms. The topological polar surface area (TPSA) is 58.9 Å². The third-order valence-electron chi connectivity index (χ3n) is 7.09. The first-order valence-corrected chi connectivity index (χ1v) is 13.8. The van der Waals surface area contributed by atoms with Crippen molar-refractivity contribution in [1.29, 1.82) is 0 Å². The van der Waals surface area contributed by atoms with Gasteiger partial charge in [-0.15, -0.1) is 0 Å². The number of rotatable bonds is 16. The molecule has 4 heteroatoms. The molecule has 4 nitrogen and oxygen atoms in total. The summed E-state index contributed by atoms with van der Waals surface area (Å²) in [5, 5.41) is 18.6. The van der Waals surface area contributed by atoms with Crippen molar-refractivity contribution in [1.82, 2.24) is 0 Å². The van der Waals surface area contributed by atoms with Gasteiger partial charge >= 0.3 is 0 Å². The minimum absolute atomic E-state index is 0.0335. The van der Waals surface area contributed by atoms with Crippen molar-refractivity contribution in [3.05, 3.63) is 77.4 Å². The second kappa shape index (κ2) is 15.6. The fraction of sp³-hybridized carbons (Fsp3) is 0.455. The Morgan fingerprint density at radius 1 is 0.730 bits per heavy atom. The summed E-state index contributed by atoms with van der Waals surface area (Å²) in [4.78, 5) is 0. The average molecular weight is 505 g/mol. The molecule has 3 rings (SSSR count). The van der Waals surface area contributed by atoms with Crippen LogP contribution in [-0.2, 0) is 24.0 Å². The first kappa shape index (κ1) is 28.9. The summed E-state index contributed by atoms with van der Waals surface area (Å²) < 4.78 is 11.4.